The van der Waals surface area contributed by atoms with E-state index in [1.54, 1.807) is 0 Å². The van der Waals surface area contributed by atoms with E-state index in [2.05, 4.69) is 17.5 Å². The minimum absolute atomic E-state index is 0.307. The summed E-state index contributed by atoms with van der Waals surface area (Å²) in [6.07, 6.45) is 0.996. The fourth-order valence-electron chi connectivity index (χ4n) is 0.373. The SMILES string of the molecule is C=CC(=C)P(=O)(O)OP(C)(=O)O. The van der Waals surface area contributed by atoms with Gasteiger partial charge in [-0.3, -0.25) is 9.13 Å². The van der Waals surface area contributed by atoms with Crippen LogP contribution in [0.15, 0.2) is 24.5 Å². The van der Waals surface area contributed by atoms with Crippen LogP contribution in [0.5, 0.6) is 0 Å². The van der Waals surface area contributed by atoms with Crippen LogP contribution in [0.2, 0.25) is 0 Å². The molecule has 0 saturated carbocycles. The standard InChI is InChI=1S/C5H10O5P2/c1-4-5(2)12(8,9)10-11(3,6)7/h4H,1-2H2,3H3,(H,6,7)(H,8,9). The second-order valence-electron chi connectivity index (χ2n) is 2.10. The molecule has 0 radical (unpaired) electrons. The molecule has 0 aromatic heterocycles. The van der Waals surface area contributed by atoms with Crippen LogP contribution in [0.25, 0.3) is 0 Å². The molecule has 2 atom stereocenters. The lowest BCUT2D eigenvalue weighted by molar-refractivity contribution is 0.343. The Morgan fingerprint density at radius 2 is 1.92 bits per heavy atom. The largest absolute Gasteiger partial charge is 0.365 e. The van der Waals surface area contributed by atoms with Crippen LogP contribution < -0.4 is 0 Å². The van der Waals surface area contributed by atoms with Gasteiger partial charge >= 0.3 is 15.2 Å². The molecule has 5 nitrogen and oxygen atoms in total. The first kappa shape index (κ1) is 11.8. The van der Waals surface area contributed by atoms with Crippen molar-refractivity contribution in [3.63, 3.8) is 0 Å². The summed E-state index contributed by atoms with van der Waals surface area (Å²) in [6.45, 7) is 7.13. The van der Waals surface area contributed by atoms with Gasteiger partial charge in [0.1, 0.15) is 0 Å². The highest BCUT2D eigenvalue weighted by atomic mass is 31.3. The van der Waals surface area contributed by atoms with Crippen molar-refractivity contribution >= 4 is 15.2 Å². The molecule has 70 valence electrons. The fraction of sp³-hybridized carbons (Fsp3) is 0.200. The highest BCUT2D eigenvalue weighted by molar-refractivity contribution is 7.68. The van der Waals surface area contributed by atoms with Crippen molar-refractivity contribution in [2.24, 2.45) is 0 Å². The highest BCUT2D eigenvalue weighted by Gasteiger charge is 2.29. The normalized spacial score (nSPS) is 20.6. The molecule has 0 amide bonds. The van der Waals surface area contributed by atoms with Gasteiger partial charge in [0.2, 0.25) is 0 Å². The third kappa shape index (κ3) is 4.00. The number of hydrogen-bond donors (Lipinski definition) is 2. The monoisotopic (exact) mass is 212 g/mol. The molecule has 12 heavy (non-hydrogen) atoms. The molecule has 0 aromatic carbocycles. The first-order valence-electron chi connectivity index (χ1n) is 2.85. The average molecular weight is 212 g/mol. The zero-order valence-electron chi connectivity index (χ0n) is 6.51. The first-order valence-corrected chi connectivity index (χ1v) is 6.45. The Balaban J connectivity index is 4.67. The molecule has 7 heteroatoms. The van der Waals surface area contributed by atoms with E-state index < -0.39 is 15.2 Å². The van der Waals surface area contributed by atoms with Crippen molar-refractivity contribution in [3.8, 4) is 0 Å². The summed E-state index contributed by atoms with van der Waals surface area (Å²) in [6, 6.07) is 0. The maximum atomic E-state index is 11.0. The fourth-order valence-corrected chi connectivity index (χ4v) is 2.67. The quantitative estimate of drug-likeness (QED) is 0.547. The summed E-state index contributed by atoms with van der Waals surface area (Å²) < 4.78 is 25.6. The van der Waals surface area contributed by atoms with Crippen LogP contribution in [0.1, 0.15) is 0 Å². The Morgan fingerprint density at radius 3 is 2.17 bits per heavy atom. The van der Waals surface area contributed by atoms with Crippen LogP contribution in [0.3, 0.4) is 0 Å². The first-order chi connectivity index (χ1) is 5.19. The summed E-state index contributed by atoms with van der Waals surface area (Å²) in [7, 11) is -8.21. The summed E-state index contributed by atoms with van der Waals surface area (Å²) in [5.41, 5.74) is 0. The number of hydrogen-bond acceptors (Lipinski definition) is 3. The molecule has 0 aliphatic carbocycles. The topological polar surface area (TPSA) is 83.8 Å². The average Bonchev–Trinajstić information content (AvgIpc) is 1.80. The van der Waals surface area contributed by atoms with Gasteiger partial charge in [0.05, 0.1) is 5.31 Å². The maximum Gasteiger partial charge on any atom is 0.365 e. The molecule has 0 fully saturated rings. The zero-order valence-corrected chi connectivity index (χ0v) is 8.29. The molecule has 0 heterocycles. The summed E-state index contributed by atoms with van der Waals surface area (Å²) >= 11 is 0. The Bertz CT molecular complexity index is 288. The van der Waals surface area contributed by atoms with E-state index in [4.69, 9.17) is 9.79 Å². The molecule has 0 rings (SSSR count). The Hall–Kier alpha value is -0.180. The van der Waals surface area contributed by atoms with Gasteiger partial charge in [0.25, 0.3) is 0 Å². The van der Waals surface area contributed by atoms with Crippen LogP contribution in [-0.2, 0) is 13.4 Å². The third-order valence-corrected chi connectivity index (χ3v) is 3.87. The van der Waals surface area contributed by atoms with E-state index >= 15 is 0 Å². The zero-order chi connectivity index (χ0) is 9.99. The second kappa shape index (κ2) is 3.69. The van der Waals surface area contributed by atoms with Crippen LogP contribution in [0.4, 0.5) is 0 Å². The molecular formula is C5H10O5P2. The van der Waals surface area contributed by atoms with Crippen molar-refractivity contribution in [1.29, 1.82) is 0 Å². The van der Waals surface area contributed by atoms with Crippen molar-refractivity contribution in [2.75, 3.05) is 6.66 Å². The predicted molar refractivity (Wildman–Crippen MR) is 46.0 cm³/mol. The molecule has 0 aromatic rings. The third-order valence-electron chi connectivity index (χ3n) is 0.861. The van der Waals surface area contributed by atoms with Crippen molar-refractivity contribution in [3.05, 3.63) is 24.5 Å². The lowest BCUT2D eigenvalue weighted by Gasteiger charge is -2.13. The van der Waals surface area contributed by atoms with Crippen molar-refractivity contribution in [1.82, 2.24) is 0 Å². The molecule has 0 aliphatic heterocycles. The molecule has 2 unspecified atom stereocenters. The Kier molecular flexibility index (Phi) is 3.63. The van der Waals surface area contributed by atoms with Gasteiger partial charge in [0, 0.05) is 6.66 Å². The molecule has 2 N–H and O–H groups in total. The summed E-state index contributed by atoms with van der Waals surface area (Å²) in [5.74, 6) is 0. The summed E-state index contributed by atoms with van der Waals surface area (Å²) in [4.78, 5) is 17.6. The van der Waals surface area contributed by atoms with E-state index in [0.29, 0.717) is 0 Å². The van der Waals surface area contributed by atoms with E-state index in [-0.39, 0.29) is 5.31 Å². The van der Waals surface area contributed by atoms with Gasteiger partial charge in [-0.25, -0.2) is 4.31 Å². The predicted octanol–water partition coefficient (Wildman–Crippen LogP) is 1.70. The number of rotatable bonds is 4. The van der Waals surface area contributed by atoms with Gasteiger partial charge in [-0.1, -0.05) is 19.2 Å². The van der Waals surface area contributed by atoms with Crippen molar-refractivity contribution in [2.45, 2.75) is 0 Å². The highest BCUT2D eigenvalue weighted by Crippen LogP contribution is 2.61. The van der Waals surface area contributed by atoms with E-state index in [1.807, 2.05) is 0 Å². The van der Waals surface area contributed by atoms with E-state index in [9.17, 15) is 9.13 Å². The lowest BCUT2D eigenvalue weighted by atomic mass is 10.6. The van der Waals surface area contributed by atoms with Gasteiger partial charge in [-0.05, 0) is 0 Å². The smallest absolute Gasteiger partial charge is 0.324 e. The number of allylic oxidation sites excluding steroid dienone is 2. The van der Waals surface area contributed by atoms with Crippen molar-refractivity contribution < 1.29 is 23.2 Å². The van der Waals surface area contributed by atoms with E-state index in [0.717, 1.165) is 12.7 Å². The van der Waals surface area contributed by atoms with Crippen LogP contribution >= 0.6 is 15.2 Å². The Morgan fingerprint density at radius 1 is 1.50 bits per heavy atom. The van der Waals surface area contributed by atoms with Crippen LogP contribution in [-0.4, -0.2) is 16.5 Å². The van der Waals surface area contributed by atoms with Gasteiger partial charge in [-0.15, -0.1) is 0 Å². The summed E-state index contributed by atoms with van der Waals surface area (Å²) in [5, 5.41) is -0.307. The maximum absolute atomic E-state index is 11.0. The van der Waals surface area contributed by atoms with Crippen LogP contribution in [0, 0.1) is 0 Å². The molecular weight excluding hydrogens is 202 g/mol. The van der Waals surface area contributed by atoms with Gasteiger partial charge < -0.3 is 9.79 Å². The lowest BCUT2D eigenvalue weighted by Crippen LogP contribution is -1.87. The molecule has 0 aliphatic rings. The minimum Gasteiger partial charge on any atom is -0.324 e. The second-order valence-corrected chi connectivity index (χ2v) is 5.97. The van der Waals surface area contributed by atoms with Gasteiger partial charge in [0.15, 0.2) is 0 Å². The van der Waals surface area contributed by atoms with Gasteiger partial charge in [-0.2, -0.15) is 0 Å². The molecule has 0 saturated heterocycles. The van der Waals surface area contributed by atoms with E-state index in [1.165, 1.54) is 0 Å². The molecule has 0 bridgehead atoms. The minimum atomic E-state index is -4.23. The Labute approximate surface area is 70.4 Å². The molecule has 0 spiro atoms.